The molecule has 6 heteroatoms. The number of methoxy groups -OCH3 is 1. The largest absolute Gasteiger partial charge is 0.467 e. The first-order valence-corrected chi connectivity index (χ1v) is 5.40. The summed E-state index contributed by atoms with van der Waals surface area (Å²) >= 11 is 0. The van der Waals surface area contributed by atoms with Crippen molar-refractivity contribution in [1.29, 1.82) is 0 Å². The molecular formula is C11H17N3O3. The fraction of sp³-hybridized carbons (Fsp3) is 0.545. The summed E-state index contributed by atoms with van der Waals surface area (Å²) in [6.07, 6.45) is 3.47. The maximum Gasteiger partial charge on any atom is 0.328 e. The Bertz CT molecular complexity index is 373. The van der Waals surface area contributed by atoms with Crippen molar-refractivity contribution < 1.29 is 14.3 Å². The van der Waals surface area contributed by atoms with Crippen molar-refractivity contribution in [3.8, 4) is 0 Å². The fourth-order valence-corrected chi connectivity index (χ4v) is 1.29. The van der Waals surface area contributed by atoms with E-state index >= 15 is 0 Å². The molecule has 94 valence electrons. The molecule has 0 saturated carbocycles. The minimum atomic E-state index is -0.685. The van der Waals surface area contributed by atoms with Crippen molar-refractivity contribution in [2.75, 3.05) is 7.11 Å². The molecule has 0 radical (unpaired) electrons. The number of aromatic amines is 1. The minimum Gasteiger partial charge on any atom is -0.467 e. The Morgan fingerprint density at radius 1 is 1.53 bits per heavy atom. The van der Waals surface area contributed by atoms with Gasteiger partial charge in [-0.05, 0) is 0 Å². The van der Waals surface area contributed by atoms with Crippen molar-refractivity contribution >= 4 is 11.9 Å². The van der Waals surface area contributed by atoms with Crippen LogP contribution in [0.3, 0.4) is 0 Å². The van der Waals surface area contributed by atoms with Crippen LogP contribution in [-0.2, 0) is 20.7 Å². The van der Waals surface area contributed by atoms with E-state index in [2.05, 4.69) is 20.0 Å². The number of hydrogen-bond acceptors (Lipinski definition) is 4. The third kappa shape index (κ3) is 3.90. The SMILES string of the molecule is COC(=O)C(Cc1cnc[nH]1)NC(=O)C(C)C. The Morgan fingerprint density at radius 2 is 2.24 bits per heavy atom. The predicted molar refractivity (Wildman–Crippen MR) is 61.1 cm³/mol. The summed E-state index contributed by atoms with van der Waals surface area (Å²) in [6, 6.07) is -0.685. The number of carbonyl (C=O) groups excluding carboxylic acids is 2. The van der Waals surface area contributed by atoms with Gasteiger partial charge >= 0.3 is 5.97 Å². The molecule has 6 nitrogen and oxygen atoms in total. The molecule has 17 heavy (non-hydrogen) atoms. The molecule has 1 heterocycles. The van der Waals surface area contributed by atoms with E-state index in [4.69, 9.17) is 0 Å². The molecule has 1 unspecified atom stereocenters. The Kier molecular flexibility index (Phi) is 4.68. The molecule has 0 spiro atoms. The van der Waals surface area contributed by atoms with E-state index in [0.717, 1.165) is 5.69 Å². The molecule has 0 saturated heterocycles. The Balaban J connectivity index is 2.67. The Hall–Kier alpha value is -1.85. The summed E-state index contributed by atoms with van der Waals surface area (Å²) in [5.74, 6) is -0.822. The summed E-state index contributed by atoms with van der Waals surface area (Å²) in [4.78, 5) is 29.8. The maximum absolute atomic E-state index is 11.6. The van der Waals surface area contributed by atoms with Gasteiger partial charge in [0.1, 0.15) is 6.04 Å². The van der Waals surface area contributed by atoms with Gasteiger partial charge in [-0.3, -0.25) is 4.79 Å². The molecule has 0 aromatic carbocycles. The van der Waals surface area contributed by atoms with Gasteiger partial charge in [0.15, 0.2) is 0 Å². The van der Waals surface area contributed by atoms with Gasteiger partial charge in [-0.25, -0.2) is 9.78 Å². The van der Waals surface area contributed by atoms with Crippen LogP contribution in [-0.4, -0.2) is 35.0 Å². The highest BCUT2D eigenvalue weighted by atomic mass is 16.5. The molecule has 1 atom stereocenters. The number of imidazole rings is 1. The minimum absolute atomic E-state index is 0.177. The van der Waals surface area contributed by atoms with Gasteiger partial charge in [-0.2, -0.15) is 0 Å². The summed E-state index contributed by atoms with van der Waals surface area (Å²) in [7, 11) is 1.30. The molecule has 1 aromatic rings. The van der Waals surface area contributed by atoms with Crippen LogP contribution in [0.25, 0.3) is 0 Å². The Labute approximate surface area is 99.8 Å². The normalized spacial score (nSPS) is 12.2. The van der Waals surface area contributed by atoms with Crippen LogP contribution in [0.1, 0.15) is 19.5 Å². The van der Waals surface area contributed by atoms with E-state index in [9.17, 15) is 9.59 Å². The second-order valence-electron chi connectivity index (χ2n) is 4.02. The zero-order valence-electron chi connectivity index (χ0n) is 10.2. The summed E-state index contributed by atoms with van der Waals surface area (Å²) in [5, 5.41) is 2.64. The van der Waals surface area contributed by atoms with E-state index in [1.54, 1.807) is 20.0 Å². The number of nitrogens with one attached hydrogen (secondary N) is 2. The maximum atomic E-state index is 11.6. The number of aromatic nitrogens is 2. The van der Waals surface area contributed by atoms with Crippen molar-refractivity contribution in [3.05, 3.63) is 18.2 Å². The van der Waals surface area contributed by atoms with Gasteiger partial charge in [-0.15, -0.1) is 0 Å². The highest BCUT2D eigenvalue weighted by Crippen LogP contribution is 2.02. The van der Waals surface area contributed by atoms with Crippen LogP contribution in [0.4, 0.5) is 0 Å². The number of H-pyrrole nitrogens is 1. The fourth-order valence-electron chi connectivity index (χ4n) is 1.29. The van der Waals surface area contributed by atoms with E-state index in [1.807, 2.05) is 0 Å². The topological polar surface area (TPSA) is 84.1 Å². The smallest absolute Gasteiger partial charge is 0.328 e. The van der Waals surface area contributed by atoms with Crippen molar-refractivity contribution in [1.82, 2.24) is 15.3 Å². The van der Waals surface area contributed by atoms with E-state index in [-0.39, 0.29) is 11.8 Å². The molecule has 0 aliphatic carbocycles. The molecule has 1 rings (SSSR count). The zero-order chi connectivity index (χ0) is 12.8. The number of hydrogen-bond donors (Lipinski definition) is 2. The summed E-state index contributed by atoms with van der Waals surface area (Å²) in [5.41, 5.74) is 0.768. The van der Waals surface area contributed by atoms with Gasteiger partial charge in [0, 0.05) is 24.2 Å². The first kappa shape index (κ1) is 13.2. The third-order valence-electron chi connectivity index (χ3n) is 2.31. The number of rotatable bonds is 5. The molecule has 0 aliphatic heterocycles. The number of ether oxygens (including phenoxy) is 1. The lowest BCUT2D eigenvalue weighted by Gasteiger charge is -2.17. The van der Waals surface area contributed by atoms with Gasteiger partial charge in [0.2, 0.25) is 5.91 Å². The standard InChI is InChI=1S/C11H17N3O3/c1-7(2)10(15)14-9(11(16)17-3)4-8-5-12-6-13-8/h5-7,9H,4H2,1-3H3,(H,12,13)(H,14,15). The average molecular weight is 239 g/mol. The number of esters is 1. The molecule has 1 aromatic heterocycles. The number of carbonyl (C=O) groups is 2. The second kappa shape index (κ2) is 6.03. The van der Waals surface area contributed by atoms with Crippen LogP contribution in [0.5, 0.6) is 0 Å². The molecule has 0 fully saturated rings. The van der Waals surface area contributed by atoms with Crippen LogP contribution in [0.2, 0.25) is 0 Å². The molecule has 2 N–H and O–H groups in total. The van der Waals surface area contributed by atoms with Crippen LogP contribution in [0.15, 0.2) is 12.5 Å². The van der Waals surface area contributed by atoms with Gasteiger partial charge in [0.25, 0.3) is 0 Å². The quantitative estimate of drug-likeness (QED) is 0.722. The highest BCUT2D eigenvalue weighted by Gasteiger charge is 2.23. The summed E-state index contributed by atoms with van der Waals surface area (Å²) < 4.78 is 4.65. The lowest BCUT2D eigenvalue weighted by Crippen LogP contribution is -2.44. The zero-order valence-corrected chi connectivity index (χ0v) is 10.2. The van der Waals surface area contributed by atoms with Crippen LogP contribution < -0.4 is 5.32 Å². The lowest BCUT2D eigenvalue weighted by molar-refractivity contribution is -0.145. The predicted octanol–water partition coefficient (Wildman–Crippen LogP) is 0.266. The van der Waals surface area contributed by atoms with E-state index in [0.29, 0.717) is 6.42 Å². The van der Waals surface area contributed by atoms with Crippen molar-refractivity contribution in [2.24, 2.45) is 5.92 Å². The highest BCUT2D eigenvalue weighted by molar-refractivity contribution is 5.85. The molecule has 1 amide bonds. The molecule has 0 aliphatic rings. The second-order valence-corrected chi connectivity index (χ2v) is 4.02. The number of nitrogens with zero attached hydrogens (tertiary/aromatic N) is 1. The van der Waals surface area contributed by atoms with Crippen LogP contribution in [0, 0.1) is 5.92 Å². The van der Waals surface area contributed by atoms with Gasteiger partial charge in [-0.1, -0.05) is 13.8 Å². The average Bonchev–Trinajstić information content (AvgIpc) is 2.79. The third-order valence-corrected chi connectivity index (χ3v) is 2.31. The monoisotopic (exact) mass is 239 g/mol. The summed E-state index contributed by atoms with van der Waals surface area (Å²) in [6.45, 7) is 3.53. The van der Waals surface area contributed by atoms with Crippen molar-refractivity contribution in [2.45, 2.75) is 26.3 Å². The van der Waals surface area contributed by atoms with Gasteiger partial charge < -0.3 is 15.0 Å². The molecular weight excluding hydrogens is 222 g/mol. The van der Waals surface area contributed by atoms with E-state index in [1.165, 1.54) is 13.4 Å². The van der Waals surface area contributed by atoms with Crippen molar-refractivity contribution in [3.63, 3.8) is 0 Å². The van der Waals surface area contributed by atoms with Gasteiger partial charge in [0.05, 0.1) is 13.4 Å². The number of amides is 1. The Morgan fingerprint density at radius 3 is 2.71 bits per heavy atom. The van der Waals surface area contributed by atoms with E-state index < -0.39 is 12.0 Å². The molecule has 0 bridgehead atoms. The first-order valence-electron chi connectivity index (χ1n) is 5.40. The first-order chi connectivity index (χ1) is 8.04. The lowest BCUT2D eigenvalue weighted by atomic mass is 10.1. The van der Waals surface area contributed by atoms with Crippen LogP contribution >= 0.6 is 0 Å².